The second-order valence-corrected chi connectivity index (χ2v) is 5.86. The zero-order valence-electron chi connectivity index (χ0n) is 13.4. The second kappa shape index (κ2) is 6.27. The zero-order chi connectivity index (χ0) is 18.2. The number of H-pyrrole nitrogens is 1. The molecule has 3 nitrogen and oxygen atoms in total. The minimum Gasteiger partial charge on any atom is -0.481 e. The summed E-state index contributed by atoms with van der Waals surface area (Å²) in [6, 6.07) is 10.5. The number of hydrogen-bond donors (Lipinski definition) is 2. The summed E-state index contributed by atoms with van der Waals surface area (Å²) >= 11 is 0. The van der Waals surface area contributed by atoms with E-state index in [0.29, 0.717) is 16.8 Å². The van der Waals surface area contributed by atoms with Crippen molar-refractivity contribution in [2.75, 3.05) is 0 Å². The first-order valence-electron chi connectivity index (χ1n) is 7.82. The van der Waals surface area contributed by atoms with Crippen LogP contribution in [-0.4, -0.2) is 16.1 Å². The highest BCUT2D eigenvalue weighted by Crippen LogP contribution is 2.34. The number of carboxylic acid groups (broad SMARTS) is 1. The lowest BCUT2D eigenvalue weighted by atomic mass is 10.00. The smallest absolute Gasteiger partial charge is 0.416 e. The maximum absolute atomic E-state index is 12.7. The van der Waals surface area contributed by atoms with Crippen LogP contribution < -0.4 is 0 Å². The first-order valence-corrected chi connectivity index (χ1v) is 7.82. The Morgan fingerprint density at radius 2 is 1.80 bits per heavy atom. The van der Waals surface area contributed by atoms with Gasteiger partial charge < -0.3 is 10.1 Å². The number of carbonyl (C=O) groups is 1. The van der Waals surface area contributed by atoms with Crippen molar-refractivity contribution >= 4 is 16.9 Å². The molecule has 0 aliphatic rings. The monoisotopic (exact) mass is 347 g/mol. The van der Waals surface area contributed by atoms with Crippen LogP contribution in [0.15, 0.2) is 42.5 Å². The van der Waals surface area contributed by atoms with Crippen LogP contribution >= 0.6 is 0 Å². The first-order chi connectivity index (χ1) is 11.8. The summed E-state index contributed by atoms with van der Waals surface area (Å²) in [5.41, 5.74) is 2.75. The maximum atomic E-state index is 12.7. The fraction of sp³-hybridized carbons (Fsp3) is 0.211. The Morgan fingerprint density at radius 3 is 2.36 bits per heavy atom. The Kier molecular flexibility index (Phi) is 4.29. The van der Waals surface area contributed by atoms with Crippen molar-refractivity contribution in [3.63, 3.8) is 0 Å². The van der Waals surface area contributed by atoms with Crippen LogP contribution in [0.25, 0.3) is 22.2 Å². The van der Waals surface area contributed by atoms with Gasteiger partial charge in [-0.3, -0.25) is 4.79 Å². The van der Waals surface area contributed by atoms with Crippen LogP contribution in [0.3, 0.4) is 0 Å². The number of carboxylic acids is 1. The number of hydrogen-bond acceptors (Lipinski definition) is 1. The predicted molar refractivity (Wildman–Crippen MR) is 89.5 cm³/mol. The molecule has 0 bridgehead atoms. The van der Waals surface area contributed by atoms with E-state index in [1.165, 1.54) is 12.1 Å². The van der Waals surface area contributed by atoms with E-state index in [1.54, 1.807) is 0 Å². The zero-order valence-corrected chi connectivity index (χ0v) is 13.4. The highest BCUT2D eigenvalue weighted by Gasteiger charge is 2.30. The number of rotatable bonds is 4. The first kappa shape index (κ1) is 17.1. The lowest BCUT2D eigenvalue weighted by molar-refractivity contribution is -0.138. The fourth-order valence-corrected chi connectivity index (χ4v) is 2.92. The maximum Gasteiger partial charge on any atom is 0.416 e. The molecule has 0 aliphatic heterocycles. The number of halogens is 3. The summed E-state index contributed by atoms with van der Waals surface area (Å²) < 4.78 is 38.2. The molecule has 3 rings (SSSR count). The van der Waals surface area contributed by atoms with Crippen molar-refractivity contribution < 1.29 is 23.1 Å². The lowest BCUT2D eigenvalue weighted by Crippen LogP contribution is -2.04. The summed E-state index contributed by atoms with van der Waals surface area (Å²) in [7, 11) is 0. The van der Waals surface area contributed by atoms with E-state index in [2.05, 4.69) is 4.98 Å². The van der Waals surface area contributed by atoms with Gasteiger partial charge in [-0.2, -0.15) is 13.2 Å². The number of fused-ring (bicyclic) bond motifs is 1. The lowest BCUT2D eigenvalue weighted by Gasteiger charge is -2.08. The molecule has 0 saturated heterocycles. The summed E-state index contributed by atoms with van der Waals surface area (Å²) in [6.45, 7) is 2.00. The Morgan fingerprint density at radius 1 is 1.12 bits per heavy atom. The molecule has 1 aromatic heterocycles. The number of aromatic nitrogens is 1. The molecule has 25 heavy (non-hydrogen) atoms. The van der Waals surface area contributed by atoms with E-state index in [-0.39, 0.29) is 6.42 Å². The van der Waals surface area contributed by atoms with Crippen LogP contribution in [0.2, 0.25) is 0 Å². The number of benzene rings is 2. The average Bonchev–Trinajstić information content (AvgIpc) is 2.91. The highest BCUT2D eigenvalue weighted by molar-refractivity contribution is 5.94. The van der Waals surface area contributed by atoms with Gasteiger partial charge in [-0.15, -0.1) is 0 Å². The van der Waals surface area contributed by atoms with Crippen molar-refractivity contribution in [3.8, 4) is 11.3 Å². The Labute approximate surface area is 142 Å². The average molecular weight is 347 g/mol. The number of alkyl halides is 3. The van der Waals surface area contributed by atoms with E-state index < -0.39 is 17.7 Å². The van der Waals surface area contributed by atoms with Crippen molar-refractivity contribution in [1.29, 1.82) is 0 Å². The van der Waals surface area contributed by atoms with Crippen LogP contribution in [-0.2, 0) is 23.8 Å². The molecule has 0 saturated carbocycles. The Balaban J connectivity index is 2.15. The molecule has 130 valence electrons. The summed E-state index contributed by atoms with van der Waals surface area (Å²) in [6.07, 6.45) is -3.80. The second-order valence-electron chi connectivity index (χ2n) is 5.86. The number of nitrogens with one attached hydrogen (secondary N) is 1. The molecule has 0 fully saturated rings. The molecule has 0 unspecified atom stereocenters. The third-order valence-electron chi connectivity index (χ3n) is 4.21. The molecule has 0 spiro atoms. The molecule has 0 atom stereocenters. The summed E-state index contributed by atoms with van der Waals surface area (Å²) in [5, 5.41) is 10.0. The van der Waals surface area contributed by atoms with E-state index in [0.717, 1.165) is 35.0 Å². The van der Waals surface area contributed by atoms with Crippen molar-refractivity contribution in [2.24, 2.45) is 0 Å². The molecule has 2 N–H and O–H groups in total. The van der Waals surface area contributed by atoms with Gasteiger partial charge in [0.15, 0.2) is 0 Å². The van der Waals surface area contributed by atoms with Crippen LogP contribution in [0.1, 0.15) is 23.6 Å². The molecular weight excluding hydrogens is 331 g/mol. The molecule has 0 aliphatic carbocycles. The summed E-state index contributed by atoms with van der Waals surface area (Å²) in [4.78, 5) is 14.4. The number of aromatic amines is 1. The summed E-state index contributed by atoms with van der Waals surface area (Å²) in [5.74, 6) is -0.990. The van der Waals surface area contributed by atoms with Gasteiger partial charge in [-0.05, 0) is 47.4 Å². The van der Waals surface area contributed by atoms with Gasteiger partial charge in [0, 0.05) is 10.9 Å². The third kappa shape index (κ3) is 3.38. The van der Waals surface area contributed by atoms with Gasteiger partial charge in [0.2, 0.25) is 0 Å². The van der Waals surface area contributed by atoms with Crippen molar-refractivity contribution in [3.05, 3.63) is 59.2 Å². The molecule has 0 amide bonds. The molecule has 2 aromatic carbocycles. The van der Waals surface area contributed by atoms with Gasteiger partial charge in [-0.1, -0.05) is 25.1 Å². The topological polar surface area (TPSA) is 53.1 Å². The fourth-order valence-electron chi connectivity index (χ4n) is 2.92. The predicted octanol–water partition coefficient (Wildman–Crippen LogP) is 5.04. The van der Waals surface area contributed by atoms with Crippen LogP contribution in [0.4, 0.5) is 13.2 Å². The van der Waals surface area contributed by atoms with Gasteiger partial charge in [0.1, 0.15) is 0 Å². The van der Waals surface area contributed by atoms with E-state index in [9.17, 15) is 23.1 Å². The van der Waals surface area contributed by atoms with Crippen LogP contribution in [0.5, 0.6) is 0 Å². The highest BCUT2D eigenvalue weighted by atomic mass is 19.4. The molecule has 6 heteroatoms. The SMILES string of the molecule is CCc1ccc2[nH]c(-c3ccc(C(F)(F)F)cc3)c(CC(=O)O)c2c1. The van der Waals surface area contributed by atoms with E-state index in [4.69, 9.17) is 0 Å². The molecular formula is C19H16F3NO2. The quantitative estimate of drug-likeness (QED) is 0.694. The van der Waals surface area contributed by atoms with Crippen molar-refractivity contribution in [1.82, 2.24) is 4.98 Å². The minimum atomic E-state index is -4.40. The normalized spacial score (nSPS) is 11.8. The minimum absolute atomic E-state index is 0.205. The third-order valence-corrected chi connectivity index (χ3v) is 4.21. The van der Waals surface area contributed by atoms with E-state index in [1.807, 2.05) is 25.1 Å². The Bertz CT molecular complexity index is 924. The van der Waals surface area contributed by atoms with Crippen molar-refractivity contribution in [2.45, 2.75) is 25.9 Å². The molecule has 1 heterocycles. The van der Waals surface area contributed by atoms with Crippen LogP contribution in [0, 0.1) is 0 Å². The van der Waals surface area contributed by atoms with E-state index >= 15 is 0 Å². The van der Waals surface area contributed by atoms with Gasteiger partial charge in [0.25, 0.3) is 0 Å². The standard InChI is InChI=1S/C19H16F3NO2/c1-2-11-3-8-16-14(9-11)15(10-17(24)25)18(23-16)12-4-6-13(7-5-12)19(20,21)22/h3-9,23H,2,10H2,1H3,(H,24,25). The molecule has 0 radical (unpaired) electrons. The van der Waals surface area contributed by atoms with Gasteiger partial charge in [-0.25, -0.2) is 0 Å². The number of aryl methyl sites for hydroxylation is 1. The Hall–Kier alpha value is -2.76. The van der Waals surface area contributed by atoms with Gasteiger partial charge in [0.05, 0.1) is 17.7 Å². The van der Waals surface area contributed by atoms with Gasteiger partial charge >= 0.3 is 12.1 Å². The molecule has 3 aromatic rings. The number of aliphatic carboxylic acids is 1. The largest absolute Gasteiger partial charge is 0.481 e.